The zero-order valence-electron chi connectivity index (χ0n) is 13.7. The van der Waals surface area contributed by atoms with E-state index in [4.69, 9.17) is 11.6 Å². The minimum absolute atomic E-state index is 0.180. The lowest BCUT2D eigenvalue weighted by Gasteiger charge is -2.36. The minimum atomic E-state index is -0.180. The lowest BCUT2D eigenvalue weighted by molar-refractivity contribution is 0.0954. The van der Waals surface area contributed by atoms with Crippen LogP contribution in [-0.2, 0) is 0 Å². The molecule has 0 aliphatic heterocycles. The van der Waals surface area contributed by atoms with Gasteiger partial charge in [-0.25, -0.2) is 5.43 Å². The van der Waals surface area contributed by atoms with E-state index in [2.05, 4.69) is 31.3 Å². The summed E-state index contributed by atoms with van der Waals surface area (Å²) in [5.74, 6) is 0.573. The highest BCUT2D eigenvalue weighted by molar-refractivity contribution is 6.30. The summed E-state index contributed by atoms with van der Waals surface area (Å²) in [6.45, 7) is 6.96. The molecule has 1 aliphatic rings. The summed E-state index contributed by atoms with van der Waals surface area (Å²) in [6.07, 6.45) is 5.49. The zero-order chi connectivity index (χ0) is 16.2. The van der Waals surface area contributed by atoms with Crippen LogP contribution in [0.4, 0.5) is 0 Å². The smallest absolute Gasteiger partial charge is 0.267 e. The number of halogens is 1. The van der Waals surface area contributed by atoms with Crippen molar-refractivity contribution in [3.05, 3.63) is 34.9 Å². The normalized spacial score (nSPS) is 18.9. The Morgan fingerprint density at radius 2 is 1.86 bits per heavy atom. The minimum Gasteiger partial charge on any atom is -0.267 e. The van der Waals surface area contributed by atoms with Crippen LogP contribution >= 0.6 is 11.6 Å². The number of benzene rings is 1. The van der Waals surface area contributed by atoms with Crippen LogP contribution in [0.25, 0.3) is 0 Å². The summed E-state index contributed by atoms with van der Waals surface area (Å²) in [5, 5.41) is 4.93. The molecule has 4 heteroatoms. The van der Waals surface area contributed by atoms with Crippen LogP contribution in [0.1, 0.15) is 63.2 Å². The summed E-state index contributed by atoms with van der Waals surface area (Å²) < 4.78 is 0. The van der Waals surface area contributed by atoms with Gasteiger partial charge >= 0.3 is 0 Å². The highest BCUT2D eigenvalue weighted by Crippen LogP contribution is 2.39. The van der Waals surface area contributed by atoms with Crippen LogP contribution in [0.2, 0.25) is 5.02 Å². The van der Waals surface area contributed by atoms with E-state index in [1.165, 1.54) is 6.42 Å². The number of rotatable bonds is 4. The number of carbonyl (C=O) groups is 1. The molecule has 1 aromatic rings. The van der Waals surface area contributed by atoms with E-state index in [0.29, 0.717) is 16.0 Å². The first-order valence-corrected chi connectivity index (χ1v) is 8.41. The van der Waals surface area contributed by atoms with Crippen molar-refractivity contribution >= 4 is 23.2 Å². The maximum atomic E-state index is 12.0. The van der Waals surface area contributed by atoms with Crippen molar-refractivity contribution < 1.29 is 4.79 Å². The van der Waals surface area contributed by atoms with Gasteiger partial charge in [0.25, 0.3) is 5.91 Å². The van der Waals surface area contributed by atoms with Gasteiger partial charge in [0, 0.05) is 16.3 Å². The average Bonchev–Trinajstić information content (AvgIpc) is 2.53. The Labute approximate surface area is 138 Å². The van der Waals surface area contributed by atoms with Gasteiger partial charge in [-0.05, 0) is 61.3 Å². The number of amides is 1. The first kappa shape index (κ1) is 17.0. The van der Waals surface area contributed by atoms with Crippen LogP contribution in [-0.4, -0.2) is 11.6 Å². The molecular formula is C18H25ClN2O. The van der Waals surface area contributed by atoms with Crippen molar-refractivity contribution in [2.75, 3.05) is 0 Å². The van der Waals surface area contributed by atoms with E-state index in [-0.39, 0.29) is 5.91 Å². The van der Waals surface area contributed by atoms with Crippen molar-refractivity contribution in [2.24, 2.45) is 16.4 Å². The van der Waals surface area contributed by atoms with E-state index in [1.807, 2.05) is 0 Å². The second-order valence-corrected chi connectivity index (χ2v) is 7.18. The standard InChI is InChI=1S/C18H25ClN2O/c1-4-18(2,3)14-7-11-16(12-8-14)20-21-17(22)13-5-9-15(19)10-6-13/h5-6,9-10,14H,4,7-8,11-12H2,1-3H3,(H,21,22). The fraction of sp³-hybridized carbons (Fsp3) is 0.556. The van der Waals surface area contributed by atoms with Gasteiger partial charge in [0.1, 0.15) is 0 Å². The number of nitrogens with one attached hydrogen (secondary N) is 1. The second-order valence-electron chi connectivity index (χ2n) is 6.74. The molecule has 0 saturated heterocycles. The molecule has 1 amide bonds. The molecule has 1 fully saturated rings. The van der Waals surface area contributed by atoms with Gasteiger partial charge in [0.15, 0.2) is 0 Å². The molecule has 1 saturated carbocycles. The number of hydrogen-bond acceptors (Lipinski definition) is 2. The van der Waals surface area contributed by atoms with Gasteiger partial charge in [0.2, 0.25) is 0 Å². The van der Waals surface area contributed by atoms with Crippen LogP contribution in [0, 0.1) is 11.3 Å². The van der Waals surface area contributed by atoms with Crippen molar-refractivity contribution in [2.45, 2.75) is 52.9 Å². The number of carbonyl (C=O) groups excluding carboxylic acids is 1. The molecule has 0 radical (unpaired) electrons. The molecule has 22 heavy (non-hydrogen) atoms. The fourth-order valence-electron chi connectivity index (χ4n) is 2.93. The van der Waals surface area contributed by atoms with Gasteiger partial charge in [-0.3, -0.25) is 4.79 Å². The highest BCUT2D eigenvalue weighted by atomic mass is 35.5. The van der Waals surface area contributed by atoms with Gasteiger partial charge in [0.05, 0.1) is 0 Å². The summed E-state index contributed by atoms with van der Waals surface area (Å²) in [4.78, 5) is 12.0. The molecule has 1 aliphatic carbocycles. The van der Waals surface area contributed by atoms with Gasteiger partial charge < -0.3 is 0 Å². The monoisotopic (exact) mass is 320 g/mol. The maximum Gasteiger partial charge on any atom is 0.271 e. The topological polar surface area (TPSA) is 41.5 Å². The van der Waals surface area contributed by atoms with Crippen molar-refractivity contribution in [3.63, 3.8) is 0 Å². The average molecular weight is 321 g/mol. The molecule has 0 spiro atoms. The van der Waals surface area contributed by atoms with E-state index in [9.17, 15) is 4.79 Å². The maximum absolute atomic E-state index is 12.0. The molecular weight excluding hydrogens is 296 g/mol. The number of nitrogens with zero attached hydrogens (tertiary/aromatic N) is 1. The molecule has 120 valence electrons. The summed E-state index contributed by atoms with van der Waals surface area (Å²) in [6, 6.07) is 6.83. The Kier molecular flexibility index (Phi) is 5.63. The highest BCUT2D eigenvalue weighted by Gasteiger charge is 2.30. The summed E-state index contributed by atoms with van der Waals surface area (Å²) >= 11 is 5.82. The Morgan fingerprint density at radius 1 is 1.27 bits per heavy atom. The molecule has 0 aromatic heterocycles. The second kappa shape index (κ2) is 7.28. The van der Waals surface area contributed by atoms with Crippen LogP contribution in [0.5, 0.6) is 0 Å². The summed E-state index contributed by atoms with van der Waals surface area (Å²) in [7, 11) is 0. The SMILES string of the molecule is CCC(C)(C)C1CCC(=NNC(=O)c2ccc(Cl)cc2)CC1. The van der Waals surface area contributed by atoms with Gasteiger partial charge in [-0.2, -0.15) is 5.10 Å². The molecule has 0 bridgehead atoms. The summed E-state index contributed by atoms with van der Waals surface area (Å²) in [5.41, 5.74) is 4.74. The molecule has 0 heterocycles. The molecule has 0 unspecified atom stereocenters. The Bertz CT molecular complexity index is 539. The van der Waals surface area contributed by atoms with Crippen molar-refractivity contribution in [1.82, 2.24) is 5.43 Å². The third kappa shape index (κ3) is 4.33. The first-order chi connectivity index (χ1) is 10.4. The molecule has 3 nitrogen and oxygen atoms in total. The fourth-order valence-corrected chi connectivity index (χ4v) is 3.05. The van der Waals surface area contributed by atoms with Crippen molar-refractivity contribution in [3.8, 4) is 0 Å². The van der Waals surface area contributed by atoms with E-state index in [0.717, 1.165) is 37.3 Å². The van der Waals surface area contributed by atoms with Gasteiger partial charge in [-0.15, -0.1) is 0 Å². The predicted octanol–water partition coefficient (Wildman–Crippen LogP) is 5.05. The molecule has 0 atom stereocenters. The van der Waals surface area contributed by atoms with E-state index in [1.54, 1.807) is 24.3 Å². The first-order valence-electron chi connectivity index (χ1n) is 8.03. The van der Waals surface area contributed by atoms with E-state index >= 15 is 0 Å². The lowest BCUT2D eigenvalue weighted by atomic mass is 9.69. The van der Waals surface area contributed by atoms with E-state index < -0.39 is 0 Å². The molecule has 2 rings (SSSR count). The van der Waals surface area contributed by atoms with Crippen molar-refractivity contribution in [1.29, 1.82) is 0 Å². The Hall–Kier alpha value is -1.35. The Balaban J connectivity index is 1.88. The van der Waals surface area contributed by atoms with Crippen LogP contribution in [0.15, 0.2) is 29.4 Å². The third-order valence-electron chi connectivity index (χ3n) is 5.00. The third-order valence-corrected chi connectivity index (χ3v) is 5.25. The number of hydrogen-bond donors (Lipinski definition) is 1. The molecule has 1 N–H and O–H groups in total. The largest absolute Gasteiger partial charge is 0.271 e. The Morgan fingerprint density at radius 3 is 2.41 bits per heavy atom. The zero-order valence-corrected chi connectivity index (χ0v) is 14.4. The predicted molar refractivity (Wildman–Crippen MR) is 92.4 cm³/mol. The quantitative estimate of drug-likeness (QED) is 0.775. The van der Waals surface area contributed by atoms with Crippen LogP contribution < -0.4 is 5.43 Å². The van der Waals surface area contributed by atoms with Crippen LogP contribution in [0.3, 0.4) is 0 Å². The van der Waals surface area contributed by atoms with Gasteiger partial charge in [-0.1, -0.05) is 38.8 Å². The lowest BCUT2D eigenvalue weighted by Crippen LogP contribution is -2.29. The number of hydrazone groups is 1. The molecule has 1 aromatic carbocycles.